The van der Waals surface area contributed by atoms with Gasteiger partial charge in [0.25, 0.3) is 5.91 Å². The molecule has 1 aliphatic heterocycles. The predicted octanol–water partition coefficient (Wildman–Crippen LogP) is 6.06. The molecule has 0 spiro atoms. The van der Waals surface area contributed by atoms with E-state index in [9.17, 15) is 22.8 Å². The van der Waals surface area contributed by atoms with Gasteiger partial charge in [-0.25, -0.2) is 15.0 Å². The number of nitrogen functional groups attached to an aromatic ring is 1. The highest BCUT2D eigenvalue weighted by molar-refractivity contribution is 6.04. The van der Waals surface area contributed by atoms with Gasteiger partial charge in [-0.3, -0.25) is 14.0 Å². The number of imidazole rings is 1. The fourth-order valence-electron chi connectivity index (χ4n) is 6.18. The summed E-state index contributed by atoms with van der Waals surface area (Å²) in [5.41, 5.74) is 7.64. The third-order valence-electron chi connectivity index (χ3n) is 8.29. The van der Waals surface area contributed by atoms with E-state index in [4.69, 9.17) is 15.5 Å². The lowest BCUT2D eigenvalue weighted by molar-refractivity contribution is -0.137. The SMILES string of the molecule is Nc1nccn2c([C@@H]3CCC[C@@H](CC(=O)C4CCCO4)C3)nc(-c3ccc(C(=O)Nc4cc(C(F)(F)F)ccn4)cc3)c12. The number of pyridine rings is 1. The quantitative estimate of drug-likeness (QED) is 0.267. The van der Waals surface area contributed by atoms with Crippen molar-refractivity contribution in [2.24, 2.45) is 5.92 Å². The number of rotatable bonds is 7. The topological polar surface area (TPSA) is 124 Å². The van der Waals surface area contributed by atoms with Crippen molar-refractivity contribution in [1.82, 2.24) is 19.4 Å². The number of nitrogens with one attached hydrogen (secondary N) is 1. The molecule has 3 atom stereocenters. The Morgan fingerprint density at radius 2 is 1.86 bits per heavy atom. The molecule has 1 saturated heterocycles. The summed E-state index contributed by atoms with van der Waals surface area (Å²) in [6.07, 6.45) is 5.66. The maximum Gasteiger partial charge on any atom is 0.416 e. The molecule has 4 aromatic rings. The van der Waals surface area contributed by atoms with E-state index in [1.54, 1.807) is 30.5 Å². The van der Waals surface area contributed by atoms with Gasteiger partial charge in [0.1, 0.15) is 34.8 Å². The van der Waals surface area contributed by atoms with Crippen molar-refractivity contribution in [2.75, 3.05) is 17.7 Å². The average molecular weight is 593 g/mol. The number of amides is 1. The molecule has 1 aromatic carbocycles. The number of hydrogen-bond donors (Lipinski definition) is 2. The Morgan fingerprint density at radius 1 is 1.05 bits per heavy atom. The van der Waals surface area contributed by atoms with Gasteiger partial charge in [0, 0.05) is 48.7 Å². The van der Waals surface area contributed by atoms with Crippen molar-refractivity contribution in [2.45, 2.75) is 63.1 Å². The summed E-state index contributed by atoms with van der Waals surface area (Å²) in [5, 5.41) is 2.42. The third kappa shape index (κ3) is 6.10. The number of alkyl halides is 3. The number of ether oxygens (including phenoxy) is 1. The van der Waals surface area contributed by atoms with Gasteiger partial charge in [0.05, 0.1) is 5.56 Å². The Labute approximate surface area is 245 Å². The van der Waals surface area contributed by atoms with Crippen LogP contribution in [0.2, 0.25) is 0 Å². The molecule has 2 aliphatic rings. The maximum atomic E-state index is 13.0. The molecule has 0 radical (unpaired) electrons. The molecule has 12 heteroatoms. The minimum Gasteiger partial charge on any atom is -0.382 e. The first-order valence-corrected chi connectivity index (χ1v) is 14.4. The lowest BCUT2D eigenvalue weighted by Crippen LogP contribution is -2.25. The van der Waals surface area contributed by atoms with Crippen molar-refractivity contribution in [3.8, 4) is 11.3 Å². The zero-order chi connectivity index (χ0) is 30.1. The molecule has 224 valence electrons. The van der Waals surface area contributed by atoms with Crippen molar-refractivity contribution in [3.05, 3.63) is 71.9 Å². The van der Waals surface area contributed by atoms with Crippen LogP contribution in [0.4, 0.5) is 24.8 Å². The van der Waals surface area contributed by atoms with E-state index in [0.717, 1.165) is 62.7 Å². The van der Waals surface area contributed by atoms with Gasteiger partial charge in [-0.05, 0) is 62.3 Å². The zero-order valence-electron chi connectivity index (χ0n) is 23.3. The Morgan fingerprint density at radius 3 is 2.60 bits per heavy atom. The number of fused-ring (bicyclic) bond motifs is 1. The molecule has 3 aromatic heterocycles. The predicted molar refractivity (Wildman–Crippen MR) is 153 cm³/mol. The number of hydrogen-bond acceptors (Lipinski definition) is 7. The van der Waals surface area contributed by atoms with Gasteiger partial charge in [-0.1, -0.05) is 18.6 Å². The van der Waals surface area contributed by atoms with E-state index >= 15 is 0 Å². The molecule has 43 heavy (non-hydrogen) atoms. The van der Waals surface area contributed by atoms with E-state index < -0.39 is 17.6 Å². The van der Waals surface area contributed by atoms with Gasteiger partial charge < -0.3 is 15.8 Å². The summed E-state index contributed by atoms with van der Waals surface area (Å²) in [5.74, 6) is 0.953. The van der Waals surface area contributed by atoms with E-state index in [1.807, 2.05) is 10.6 Å². The van der Waals surface area contributed by atoms with Crippen molar-refractivity contribution in [1.29, 1.82) is 0 Å². The number of aromatic nitrogens is 4. The van der Waals surface area contributed by atoms with E-state index in [0.29, 0.717) is 35.6 Å². The van der Waals surface area contributed by atoms with E-state index in [-0.39, 0.29) is 35.1 Å². The van der Waals surface area contributed by atoms with Crippen molar-refractivity contribution >= 4 is 28.8 Å². The molecule has 3 N–H and O–H groups in total. The summed E-state index contributed by atoms with van der Waals surface area (Å²) in [6, 6.07) is 8.21. The average Bonchev–Trinajstić information content (AvgIpc) is 3.67. The number of Topliss-reactive ketones (excluding diaryl/α,β-unsaturated/α-hetero) is 1. The highest BCUT2D eigenvalue weighted by atomic mass is 19.4. The van der Waals surface area contributed by atoms with Crippen LogP contribution in [0.1, 0.15) is 72.6 Å². The second-order valence-electron chi connectivity index (χ2n) is 11.2. The van der Waals surface area contributed by atoms with Crippen LogP contribution in [0.25, 0.3) is 16.8 Å². The van der Waals surface area contributed by atoms with Crippen molar-refractivity contribution < 1.29 is 27.5 Å². The second kappa shape index (κ2) is 11.8. The van der Waals surface area contributed by atoms with Crippen LogP contribution in [0.15, 0.2) is 55.0 Å². The molecule has 9 nitrogen and oxygen atoms in total. The summed E-state index contributed by atoms with van der Waals surface area (Å²) in [6.45, 7) is 0.653. The van der Waals surface area contributed by atoms with Crippen LogP contribution < -0.4 is 11.1 Å². The number of halogens is 3. The summed E-state index contributed by atoms with van der Waals surface area (Å²) in [7, 11) is 0. The minimum absolute atomic E-state index is 0.129. The van der Waals surface area contributed by atoms with Gasteiger partial charge in [-0.15, -0.1) is 0 Å². The van der Waals surface area contributed by atoms with Gasteiger partial charge >= 0.3 is 6.18 Å². The normalized spacial score (nSPS) is 20.8. The van der Waals surface area contributed by atoms with E-state index in [1.165, 1.54) is 0 Å². The molecule has 6 rings (SSSR count). The monoisotopic (exact) mass is 592 g/mol. The maximum absolute atomic E-state index is 13.0. The number of carbonyl (C=O) groups is 2. The zero-order valence-corrected chi connectivity index (χ0v) is 23.3. The highest BCUT2D eigenvalue weighted by Gasteiger charge is 2.33. The Kier molecular flexibility index (Phi) is 7.87. The van der Waals surface area contributed by atoms with Crippen LogP contribution in [0, 0.1) is 5.92 Å². The van der Waals surface area contributed by atoms with Crippen LogP contribution in [-0.4, -0.2) is 43.8 Å². The number of nitrogens with zero attached hydrogens (tertiary/aromatic N) is 4. The fraction of sp³-hybridized carbons (Fsp3) is 0.387. The highest BCUT2D eigenvalue weighted by Crippen LogP contribution is 2.40. The summed E-state index contributed by atoms with van der Waals surface area (Å²) in [4.78, 5) is 38.7. The summed E-state index contributed by atoms with van der Waals surface area (Å²) >= 11 is 0. The lowest BCUT2D eigenvalue weighted by Gasteiger charge is -2.28. The molecule has 1 aliphatic carbocycles. The number of nitrogens with two attached hydrogens (primary N) is 1. The van der Waals surface area contributed by atoms with Gasteiger partial charge in [0.15, 0.2) is 5.78 Å². The van der Waals surface area contributed by atoms with Gasteiger partial charge in [-0.2, -0.15) is 13.2 Å². The largest absolute Gasteiger partial charge is 0.416 e. The number of ketones is 1. The van der Waals surface area contributed by atoms with Crippen LogP contribution in [0.3, 0.4) is 0 Å². The minimum atomic E-state index is -4.55. The molecule has 1 unspecified atom stereocenters. The first-order chi connectivity index (χ1) is 20.7. The Hall–Kier alpha value is -4.32. The van der Waals surface area contributed by atoms with Crippen molar-refractivity contribution in [3.63, 3.8) is 0 Å². The number of benzene rings is 1. The molecular weight excluding hydrogens is 561 g/mol. The van der Waals surface area contributed by atoms with E-state index in [2.05, 4.69) is 15.3 Å². The third-order valence-corrected chi connectivity index (χ3v) is 8.29. The first-order valence-electron chi connectivity index (χ1n) is 14.4. The van der Waals surface area contributed by atoms with Crippen LogP contribution in [0.5, 0.6) is 0 Å². The molecule has 1 saturated carbocycles. The van der Waals surface area contributed by atoms with Crippen LogP contribution >= 0.6 is 0 Å². The fourth-order valence-corrected chi connectivity index (χ4v) is 6.18. The Balaban J connectivity index is 1.23. The van der Waals surface area contributed by atoms with Gasteiger partial charge in [0.2, 0.25) is 0 Å². The lowest BCUT2D eigenvalue weighted by atomic mass is 9.78. The first kappa shape index (κ1) is 28.8. The molecule has 1 amide bonds. The molecule has 4 heterocycles. The molecule has 0 bridgehead atoms. The van der Waals surface area contributed by atoms with Crippen LogP contribution in [-0.2, 0) is 15.7 Å². The molecule has 2 fully saturated rings. The Bertz CT molecular complexity index is 1650. The number of anilines is 2. The smallest absolute Gasteiger partial charge is 0.382 e. The summed E-state index contributed by atoms with van der Waals surface area (Å²) < 4.78 is 46.7. The second-order valence-corrected chi connectivity index (χ2v) is 11.2. The standard InChI is InChI=1S/C31H31F3N6O3/c32-31(33,34)22-10-11-36-25(17-22)38-30(42)20-8-6-19(7-9-20)26-27-28(35)37-12-13-40(27)29(39-26)21-4-1-3-18(15-21)16-23(41)24-5-2-14-43-24/h6-13,17-18,21,24H,1-5,14-16H2,(H2,35,37)(H,36,38,42)/t18-,21-,24?/m1/s1. The molecular formula is C31H31F3N6O3. The number of carbonyl (C=O) groups excluding carboxylic acids is 2.